The Balaban J connectivity index is 1.68. The van der Waals surface area contributed by atoms with E-state index in [1.807, 2.05) is 53.1 Å². The van der Waals surface area contributed by atoms with Gasteiger partial charge in [-0.05, 0) is 36.4 Å². The molecule has 5 rings (SSSR count). The van der Waals surface area contributed by atoms with Crippen molar-refractivity contribution in [1.29, 1.82) is 0 Å². The van der Waals surface area contributed by atoms with Crippen LogP contribution in [0.5, 0.6) is 0 Å². The fourth-order valence-corrected chi connectivity index (χ4v) is 3.57. The Morgan fingerprint density at radius 3 is 2.67 bits per heavy atom. The van der Waals surface area contributed by atoms with E-state index in [1.54, 1.807) is 23.1 Å². The van der Waals surface area contributed by atoms with Gasteiger partial charge in [-0.15, -0.1) is 0 Å². The minimum atomic E-state index is -1.10. The lowest BCUT2D eigenvalue weighted by Gasteiger charge is -2.09. The van der Waals surface area contributed by atoms with E-state index in [2.05, 4.69) is 5.10 Å². The second kappa shape index (κ2) is 7.20. The maximum absolute atomic E-state index is 11.5. The van der Waals surface area contributed by atoms with Crippen LogP contribution in [0.1, 0.15) is 16.2 Å². The second-order valence-electron chi connectivity index (χ2n) is 6.70. The van der Waals surface area contributed by atoms with Crippen LogP contribution in [0.2, 0.25) is 5.02 Å². The molecule has 0 aliphatic rings. The number of carboxylic acid groups (broad SMARTS) is 1. The number of nitrogens with zero attached hydrogens (tertiary/aromatic N) is 4. The summed E-state index contributed by atoms with van der Waals surface area (Å²) >= 11 is 6.05. The first-order valence-electron chi connectivity index (χ1n) is 9.17. The molecule has 0 amide bonds. The van der Waals surface area contributed by atoms with Gasteiger partial charge < -0.3 is 13.9 Å². The van der Waals surface area contributed by atoms with Crippen LogP contribution < -0.4 is 0 Å². The number of carboxylic acids is 1. The van der Waals surface area contributed by atoms with E-state index in [4.69, 9.17) is 21.0 Å². The van der Waals surface area contributed by atoms with Crippen LogP contribution in [0.15, 0.2) is 77.5 Å². The summed E-state index contributed by atoms with van der Waals surface area (Å²) < 4.78 is 9.09. The lowest BCUT2D eigenvalue weighted by Crippen LogP contribution is -2.08. The summed E-state index contributed by atoms with van der Waals surface area (Å²) in [7, 11) is 0. The van der Waals surface area contributed by atoms with E-state index < -0.39 is 5.97 Å². The van der Waals surface area contributed by atoms with Crippen LogP contribution in [-0.2, 0) is 6.54 Å². The predicted molar refractivity (Wildman–Crippen MR) is 112 cm³/mol. The van der Waals surface area contributed by atoms with Crippen molar-refractivity contribution in [2.75, 3.05) is 0 Å². The molecule has 0 radical (unpaired) electrons. The largest absolute Gasteiger partial charge is 0.476 e. The van der Waals surface area contributed by atoms with Crippen molar-refractivity contribution >= 4 is 23.2 Å². The molecule has 0 atom stereocenters. The van der Waals surface area contributed by atoms with E-state index in [0.717, 1.165) is 22.6 Å². The highest BCUT2D eigenvalue weighted by molar-refractivity contribution is 6.30. The Hall–Kier alpha value is -3.84. The number of pyridine rings is 1. The highest BCUT2D eigenvalue weighted by atomic mass is 35.5. The lowest BCUT2D eigenvalue weighted by molar-refractivity contribution is 0.0689. The Bertz CT molecular complexity index is 1350. The van der Waals surface area contributed by atoms with Crippen LogP contribution in [0.25, 0.3) is 28.4 Å². The third kappa shape index (κ3) is 3.15. The van der Waals surface area contributed by atoms with E-state index in [0.29, 0.717) is 23.0 Å². The minimum absolute atomic E-state index is 0.0525. The summed E-state index contributed by atoms with van der Waals surface area (Å²) in [5.74, 6) is -0.561. The smallest absolute Gasteiger partial charge is 0.356 e. The van der Waals surface area contributed by atoms with Gasteiger partial charge in [0.1, 0.15) is 11.3 Å². The molecule has 0 bridgehead atoms. The minimum Gasteiger partial charge on any atom is -0.476 e. The molecule has 0 aliphatic heterocycles. The molecule has 7 nitrogen and oxygen atoms in total. The van der Waals surface area contributed by atoms with E-state index in [-0.39, 0.29) is 5.69 Å². The van der Waals surface area contributed by atoms with Gasteiger partial charge in [0, 0.05) is 22.8 Å². The molecule has 0 fully saturated rings. The number of rotatable bonds is 5. The molecule has 4 aromatic heterocycles. The van der Waals surface area contributed by atoms with E-state index >= 15 is 0 Å². The summed E-state index contributed by atoms with van der Waals surface area (Å²) in [4.78, 5) is 16.3. The lowest BCUT2D eigenvalue weighted by atomic mass is 10.1. The molecule has 1 aromatic carbocycles. The molecule has 0 unspecified atom stereocenters. The third-order valence-corrected chi connectivity index (χ3v) is 5.07. The van der Waals surface area contributed by atoms with Gasteiger partial charge in [0.05, 0.1) is 24.2 Å². The highest BCUT2D eigenvalue weighted by Gasteiger charge is 2.20. The highest BCUT2D eigenvalue weighted by Crippen LogP contribution is 2.28. The Morgan fingerprint density at radius 1 is 1.10 bits per heavy atom. The molecule has 4 heterocycles. The molecule has 148 valence electrons. The molecule has 0 saturated heterocycles. The Kier molecular flexibility index (Phi) is 4.37. The zero-order valence-electron chi connectivity index (χ0n) is 15.6. The number of hydrogen-bond donors (Lipinski definition) is 1. The van der Waals surface area contributed by atoms with Gasteiger partial charge in [-0.3, -0.25) is 4.68 Å². The van der Waals surface area contributed by atoms with Crippen LogP contribution in [-0.4, -0.2) is 30.2 Å². The van der Waals surface area contributed by atoms with Crippen molar-refractivity contribution in [2.24, 2.45) is 0 Å². The maximum atomic E-state index is 11.5. The van der Waals surface area contributed by atoms with Crippen LogP contribution in [0, 0.1) is 0 Å². The van der Waals surface area contributed by atoms with Crippen LogP contribution in [0.3, 0.4) is 0 Å². The summed E-state index contributed by atoms with van der Waals surface area (Å²) in [5.41, 5.74) is 3.84. The number of aromatic nitrogens is 4. The second-order valence-corrected chi connectivity index (χ2v) is 7.13. The predicted octanol–water partition coefficient (Wildman–Crippen LogP) is 4.86. The number of benzene rings is 1. The quantitative estimate of drug-likeness (QED) is 0.440. The number of carbonyl (C=O) groups is 1. The average Bonchev–Trinajstić information content (AvgIpc) is 3.48. The first-order valence-corrected chi connectivity index (χ1v) is 9.55. The van der Waals surface area contributed by atoms with Gasteiger partial charge in [0.2, 0.25) is 0 Å². The number of imidazole rings is 1. The molecule has 0 saturated carbocycles. The summed E-state index contributed by atoms with van der Waals surface area (Å²) in [6.07, 6.45) is 3.46. The molecule has 0 aliphatic carbocycles. The van der Waals surface area contributed by atoms with Gasteiger partial charge in [-0.2, -0.15) is 5.10 Å². The van der Waals surface area contributed by atoms with E-state index in [1.165, 1.54) is 6.07 Å². The first kappa shape index (κ1) is 18.2. The van der Waals surface area contributed by atoms with Crippen molar-refractivity contribution < 1.29 is 14.3 Å². The fraction of sp³-hybridized carbons (Fsp3) is 0.0455. The Labute approximate surface area is 175 Å². The molecular formula is C22H15ClN4O3. The topological polar surface area (TPSA) is 85.6 Å². The fourth-order valence-electron chi connectivity index (χ4n) is 3.44. The third-order valence-electron chi connectivity index (χ3n) is 4.82. The number of fused-ring (bicyclic) bond motifs is 1. The number of furan rings is 1. The average molecular weight is 419 g/mol. The summed E-state index contributed by atoms with van der Waals surface area (Å²) in [6.45, 7) is 0.298. The first-order chi connectivity index (χ1) is 14.6. The number of aromatic carboxylic acids is 1. The van der Waals surface area contributed by atoms with Gasteiger partial charge in [0.15, 0.2) is 11.5 Å². The van der Waals surface area contributed by atoms with Crippen LogP contribution >= 0.6 is 11.6 Å². The molecule has 5 aromatic rings. The van der Waals surface area contributed by atoms with Crippen molar-refractivity contribution in [1.82, 2.24) is 19.2 Å². The SMILES string of the molecule is O=C(O)c1cc(-c2ccco2)n(Cc2c(-c3ccc(Cl)cc3)nc3ccccn23)n1. The molecule has 0 spiro atoms. The Morgan fingerprint density at radius 2 is 1.93 bits per heavy atom. The zero-order valence-corrected chi connectivity index (χ0v) is 16.3. The van der Waals surface area contributed by atoms with Crippen molar-refractivity contribution in [2.45, 2.75) is 6.54 Å². The standard InChI is InChI=1S/C22H15ClN4O3/c23-15-8-6-14(7-9-15)21-18(26-10-2-1-5-20(26)24-21)13-27-17(19-4-3-11-30-19)12-16(25-27)22(28)29/h1-12H,13H2,(H,28,29). The molecule has 30 heavy (non-hydrogen) atoms. The van der Waals surface area contributed by atoms with Gasteiger partial charge in [0.25, 0.3) is 0 Å². The summed E-state index contributed by atoms with van der Waals surface area (Å²) in [5, 5.41) is 14.4. The summed E-state index contributed by atoms with van der Waals surface area (Å²) in [6, 6.07) is 18.2. The molecule has 1 N–H and O–H groups in total. The zero-order chi connectivity index (χ0) is 20.7. The monoisotopic (exact) mass is 418 g/mol. The normalized spacial score (nSPS) is 11.2. The maximum Gasteiger partial charge on any atom is 0.356 e. The van der Waals surface area contributed by atoms with Gasteiger partial charge in [-0.1, -0.05) is 29.8 Å². The van der Waals surface area contributed by atoms with Gasteiger partial charge >= 0.3 is 5.97 Å². The van der Waals surface area contributed by atoms with Crippen molar-refractivity contribution in [3.8, 4) is 22.7 Å². The van der Waals surface area contributed by atoms with Crippen molar-refractivity contribution in [3.05, 3.63) is 89.5 Å². The van der Waals surface area contributed by atoms with E-state index in [9.17, 15) is 9.90 Å². The number of hydrogen-bond acceptors (Lipinski definition) is 4. The van der Waals surface area contributed by atoms with Crippen LogP contribution in [0.4, 0.5) is 0 Å². The molecular weight excluding hydrogens is 404 g/mol. The molecule has 8 heteroatoms. The number of halogens is 1. The van der Waals surface area contributed by atoms with Crippen molar-refractivity contribution in [3.63, 3.8) is 0 Å². The van der Waals surface area contributed by atoms with Gasteiger partial charge in [-0.25, -0.2) is 9.78 Å².